The van der Waals surface area contributed by atoms with Crippen LogP contribution in [0.1, 0.15) is 74.3 Å². The molecule has 1 aliphatic carbocycles. The van der Waals surface area contributed by atoms with Crippen LogP contribution in [-0.4, -0.2) is 19.2 Å². The molecule has 5 rings (SSSR count). The highest BCUT2D eigenvalue weighted by atomic mass is 32.1. The predicted octanol–water partition coefficient (Wildman–Crippen LogP) is 8.92. The Morgan fingerprint density at radius 1 is 0.951 bits per heavy atom. The van der Waals surface area contributed by atoms with Gasteiger partial charge in [-0.05, 0) is 98.5 Å². The second-order valence-corrected chi connectivity index (χ2v) is 11.8. The van der Waals surface area contributed by atoms with Gasteiger partial charge in [-0.15, -0.1) is 11.3 Å². The van der Waals surface area contributed by atoms with Gasteiger partial charge in [-0.25, -0.2) is 4.99 Å². The monoisotopic (exact) mass is 566 g/mol. The van der Waals surface area contributed by atoms with E-state index in [1.807, 2.05) is 49.5 Å². The molecule has 0 aliphatic heterocycles. The molecule has 0 spiro atoms. The number of aliphatic imine (C=N–C) groups is 1. The van der Waals surface area contributed by atoms with Gasteiger partial charge in [0.25, 0.3) is 5.91 Å². The standard InChI is InChI=1S/C35H38N2O3S/c1-23-11-9-13-27(19-23)22-40-30-18-17-26(20-31(30)39-4)21-36-35-33(28-14-7-5-6-8-16-32(28)41-35)34(38)37-29-15-10-12-24(2)25(29)3/h9-13,15,17-21H,5-8,14,16,22H2,1-4H3,(H,37,38). The summed E-state index contributed by atoms with van der Waals surface area (Å²) in [6, 6.07) is 20.1. The Bertz CT molecular complexity index is 1570. The van der Waals surface area contributed by atoms with Crippen molar-refractivity contribution >= 4 is 34.1 Å². The largest absolute Gasteiger partial charge is 0.493 e. The second-order valence-electron chi connectivity index (χ2n) is 10.7. The lowest BCUT2D eigenvalue weighted by Gasteiger charge is -2.13. The lowest BCUT2D eigenvalue weighted by Crippen LogP contribution is -2.15. The molecule has 6 heteroatoms. The smallest absolute Gasteiger partial charge is 0.259 e. The first-order valence-corrected chi connectivity index (χ1v) is 15.2. The predicted molar refractivity (Wildman–Crippen MR) is 170 cm³/mol. The first-order valence-electron chi connectivity index (χ1n) is 14.4. The highest BCUT2D eigenvalue weighted by Crippen LogP contribution is 2.40. The van der Waals surface area contributed by atoms with Crippen LogP contribution >= 0.6 is 11.3 Å². The number of benzene rings is 3. The highest BCUT2D eigenvalue weighted by Gasteiger charge is 2.24. The molecule has 4 aromatic rings. The van der Waals surface area contributed by atoms with E-state index in [1.54, 1.807) is 18.4 Å². The van der Waals surface area contributed by atoms with Crippen LogP contribution in [0.15, 0.2) is 65.7 Å². The molecule has 0 saturated heterocycles. The van der Waals surface area contributed by atoms with Crippen molar-refractivity contribution in [2.24, 2.45) is 4.99 Å². The van der Waals surface area contributed by atoms with Crippen LogP contribution in [0.4, 0.5) is 10.7 Å². The van der Waals surface area contributed by atoms with Crippen molar-refractivity contribution < 1.29 is 14.3 Å². The molecule has 5 nitrogen and oxygen atoms in total. The average molecular weight is 567 g/mol. The number of hydrogen-bond acceptors (Lipinski definition) is 5. The van der Waals surface area contributed by atoms with Crippen LogP contribution in [0.25, 0.3) is 0 Å². The third-order valence-electron chi connectivity index (χ3n) is 7.73. The van der Waals surface area contributed by atoms with E-state index in [0.717, 1.165) is 58.6 Å². The number of anilines is 1. The molecule has 0 atom stereocenters. The lowest BCUT2D eigenvalue weighted by molar-refractivity contribution is 0.102. The maximum atomic E-state index is 13.8. The summed E-state index contributed by atoms with van der Waals surface area (Å²) in [4.78, 5) is 20.0. The summed E-state index contributed by atoms with van der Waals surface area (Å²) in [6.07, 6.45) is 8.41. The maximum Gasteiger partial charge on any atom is 0.259 e. The number of rotatable bonds is 8. The third kappa shape index (κ3) is 6.88. The molecule has 0 bridgehead atoms. The Balaban J connectivity index is 1.42. The van der Waals surface area contributed by atoms with E-state index < -0.39 is 0 Å². The summed E-state index contributed by atoms with van der Waals surface area (Å²) in [5, 5.41) is 3.95. The Hall–Kier alpha value is -3.90. The Kier molecular flexibility index (Phi) is 9.20. The number of ether oxygens (including phenoxy) is 2. The number of aryl methyl sites for hydroxylation is 3. The molecule has 1 aromatic heterocycles. The number of methoxy groups -OCH3 is 1. The van der Waals surface area contributed by atoms with Crippen LogP contribution in [-0.2, 0) is 19.4 Å². The van der Waals surface area contributed by atoms with Crippen molar-refractivity contribution in [1.29, 1.82) is 0 Å². The molecule has 212 valence electrons. The quantitative estimate of drug-likeness (QED) is 0.217. The fraction of sp³-hybridized carbons (Fsp3) is 0.314. The number of carbonyl (C=O) groups excluding carboxylic acids is 1. The van der Waals surface area contributed by atoms with E-state index in [0.29, 0.717) is 23.7 Å². The zero-order chi connectivity index (χ0) is 28.8. The maximum absolute atomic E-state index is 13.8. The van der Waals surface area contributed by atoms with E-state index in [-0.39, 0.29) is 5.91 Å². The number of fused-ring (bicyclic) bond motifs is 1. The van der Waals surface area contributed by atoms with E-state index in [2.05, 4.69) is 43.4 Å². The van der Waals surface area contributed by atoms with Gasteiger partial charge in [-0.1, -0.05) is 54.8 Å². The molecule has 0 saturated carbocycles. The summed E-state index contributed by atoms with van der Waals surface area (Å²) < 4.78 is 11.7. The summed E-state index contributed by atoms with van der Waals surface area (Å²) in [5.74, 6) is 1.24. The molecular weight excluding hydrogens is 528 g/mol. The van der Waals surface area contributed by atoms with Gasteiger partial charge >= 0.3 is 0 Å². The van der Waals surface area contributed by atoms with Gasteiger partial charge in [0.05, 0.1) is 12.7 Å². The van der Waals surface area contributed by atoms with E-state index in [9.17, 15) is 4.79 Å². The zero-order valence-corrected chi connectivity index (χ0v) is 25.2. The fourth-order valence-electron chi connectivity index (χ4n) is 5.28. The van der Waals surface area contributed by atoms with Gasteiger partial charge in [-0.2, -0.15) is 0 Å². The van der Waals surface area contributed by atoms with Crippen molar-refractivity contribution in [2.75, 3.05) is 12.4 Å². The topological polar surface area (TPSA) is 59.9 Å². The van der Waals surface area contributed by atoms with Gasteiger partial charge in [0.2, 0.25) is 0 Å². The molecule has 41 heavy (non-hydrogen) atoms. The number of nitrogens with zero attached hydrogens (tertiary/aromatic N) is 1. The Morgan fingerprint density at radius 3 is 2.56 bits per heavy atom. The molecule has 0 fully saturated rings. The summed E-state index contributed by atoms with van der Waals surface area (Å²) in [7, 11) is 1.64. The van der Waals surface area contributed by atoms with Crippen molar-refractivity contribution in [3.05, 3.63) is 104 Å². The van der Waals surface area contributed by atoms with E-state index in [4.69, 9.17) is 14.5 Å². The molecule has 1 heterocycles. The van der Waals surface area contributed by atoms with Gasteiger partial charge in [0, 0.05) is 16.8 Å². The lowest BCUT2D eigenvalue weighted by atomic mass is 9.96. The Labute approximate surface area is 247 Å². The first kappa shape index (κ1) is 28.6. The number of hydrogen-bond donors (Lipinski definition) is 1. The van der Waals surface area contributed by atoms with Gasteiger partial charge < -0.3 is 14.8 Å². The van der Waals surface area contributed by atoms with Gasteiger partial charge in [-0.3, -0.25) is 4.79 Å². The summed E-state index contributed by atoms with van der Waals surface area (Å²) >= 11 is 1.66. The second kappa shape index (κ2) is 13.2. The van der Waals surface area contributed by atoms with Crippen molar-refractivity contribution in [3.8, 4) is 11.5 Å². The molecule has 1 amide bonds. The van der Waals surface area contributed by atoms with Crippen molar-refractivity contribution in [3.63, 3.8) is 0 Å². The minimum absolute atomic E-state index is 0.0820. The number of nitrogens with one attached hydrogen (secondary N) is 1. The van der Waals surface area contributed by atoms with Gasteiger partial charge in [0.1, 0.15) is 11.6 Å². The fourth-order valence-corrected chi connectivity index (χ4v) is 6.51. The van der Waals surface area contributed by atoms with Crippen LogP contribution in [0.3, 0.4) is 0 Å². The molecule has 3 aromatic carbocycles. The van der Waals surface area contributed by atoms with Crippen molar-refractivity contribution in [1.82, 2.24) is 0 Å². The minimum atomic E-state index is -0.0820. The summed E-state index contributed by atoms with van der Waals surface area (Å²) in [6.45, 7) is 6.65. The number of carbonyl (C=O) groups is 1. The SMILES string of the molecule is COc1cc(C=Nc2sc3c(c2C(=O)Nc2cccc(C)c2C)CCCCCC3)ccc1OCc1cccc(C)c1. The molecule has 0 unspecified atom stereocenters. The average Bonchev–Trinajstić information content (AvgIpc) is 3.29. The van der Waals surface area contributed by atoms with E-state index >= 15 is 0 Å². The summed E-state index contributed by atoms with van der Waals surface area (Å²) in [5.41, 5.74) is 8.16. The molecule has 0 radical (unpaired) electrons. The molecule has 1 N–H and O–H groups in total. The number of thiophene rings is 1. The van der Waals surface area contributed by atoms with E-state index in [1.165, 1.54) is 28.8 Å². The Morgan fingerprint density at radius 2 is 1.76 bits per heavy atom. The van der Waals surface area contributed by atoms with Crippen LogP contribution in [0.2, 0.25) is 0 Å². The molecule has 1 aliphatic rings. The zero-order valence-electron chi connectivity index (χ0n) is 24.4. The third-order valence-corrected chi connectivity index (χ3v) is 8.93. The van der Waals surface area contributed by atoms with Gasteiger partial charge in [0.15, 0.2) is 11.5 Å². The normalized spacial score (nSPS) is 13.4. The van der Waals surface area contributed by atoms with Crippen molar-refractivity contribution in [2.45, 2.75) is 65.9 Å². The van der Waals surface area contributed by atoms with Crippen LogP contribution in [0, 0.1) is 20.8 Å². The minimum Gasteiger partial charge on any atom is -0.493 e. The number of amides is 1. The highest BCUT2D eigenvalue weighted by molar-refractivity contribution is 7.16. The molecular formula is C35H38N2O3S. The van der Waals surface area contributed by atoms with Crippen LogP contribution in [0.5, 0.6) is 11.5 Å². The van der Waals surface area contributed by atoms with Crippen LogP contribution < -0.4 is 14.8 Å². The first-order chi connectivity index (χ1) is 19.9.